The second-order valence-electron chi connectivity index (χ2n) is 10.1. The van der Waals surface area contributed by atoms with Crippen molar-refractivity contribution in [1.29, 1.82) is 0 Å². The zero-order valence-corrected chi connectivity index (χ0v) is 21.8. The molecule has 8 nitrogen and oxygen atoms in total. The SMILES string of the molecule is COc1ccccc1[C@H]1CC(=O)C2=C(C1)NC(C)=C(C(=O)O[C@H]1CCN(C(C)=O)C1)[C@H]2c1cccc(O)c1. The van der Waals surface area contributed by atoms with E-state index in [0.29, 0.717) is 48.3 Å². The number of phenolic OH excluding ortho intramolecular Hbond substituents is 1. The van der Waals surface area contributed by atoms with Crippen LogP contribution in [0.1, 0.15) is 56.1 Å². The van der Waals surface area contributed by atoms with Gasteiger partial charge < -0.3 is 24.8 Å². The fraction of sp³-hybridized carbons (Fsp3) is 0.367. The van der Waals surface area contributed by atoms with Crippen molar-refractivity contribution in [3.05, 3.63) is 82.2 Å². The summed E-state index contributed by atoms with van der Waals surface area (Å²) in [7, 11) is 1.62. The minimum Gasteiger partial charge on any atom is -0.508 e. The first kappa shape index (κ1) is 25.6. The zero-order chi connectivity index (χ0) is 27.0. The van der Waals surface area contributed by atoms with E-state index in [1.54, 1.807) is 30.2 Å². The first-order valence-electron chi connectivity index (χ1n) is 12.9. The number of phenols is 1. The summed E-state index contributed by atoms with van der Waals surface area (Å²) in [5, 5.41) is 13.6. The fourth-order valence-electron chi connectivity index (χ4n) is 5.90. The largest absolute Gasteiger partial charge is 0.508 e. The van der Waals surface area contributed by atoms with Gasteiger partial charge in [0, 0.05) is 55.1 Å². The molecule has 2 heterocycles. The summed E-state index contributed by atoms with van der Waals surface area (Å²) in [6.45, 7) is 4.20. The zero-order valence-electron chi connectivity index (χ0n) is 21.8. The molecule has 1 fully saturated rings. The van der Waals surface area contributed by atoms with Crippen LogP contribution in [-0.4, -0.2) is 54.0 Å². The lowest BCUT2D eigenvalue weighted by Gasteiger charge is -2.37. The number of benzene rings is 2. The van der Waals surface area contributed by atoms with Crippen molar-refractivity contribution < 1.29 is 29.0 Å². The number of likely N-dealkylation sites (tertiary alicyclic amines) is 1. The predicted molar refractivity (Wildman–Crippen MR) is 140 cm³/mol. The highest BCUT2D eigenvalue weighted by Crippen LogP contribution is 2.47. The maximum Gasteiger partial charge on any atom is 0.337 e. The average molecular weight is 517 g/mol. The van der Waals surface area contributed by atoms with Crippen molar-refractivity contribution in [3.63, 3.8) is 0 Å². The molecule has 5 rings (SSSR count). The van der Waals surface area contributed by atoms with Gasteiger partial charge in [-0.15, -0.1) is 0 Å². The number of methoxy groups -OCH3 is 1. The van der Waals surface area contributed by atoms with E-state index in [4.69, 9.17) is 9.47 Å². The molecule has 0 radical (unpaired) electrons. The second kappa shape index (κ2) is 10.4. The third-order valence-corrected chi connectivity index (χ3v) is 7.69. The van der Waals surface area contributed by atoms with Gasteiger partial charge in [-0.1, -0.05) is 30.3 Å². The van der Waals surface area contributed by atoms with Crippen molar-refractivity contribution in [2.24, 2.45) is 0 Å². The maximum atomic E-state index is 13.8. The van der Waals surface area contributed by atoms with E-state index in [9.17, 15) is 19.5 Å². The van der Waals surface area contributed by atoms with E-state index < -0.39 is 18.0 Å². The molecule has 3 aliphatic rings. The molecule has 1 saturated heterocycles. The Labute approximate surface area is 221 Å². The van der Waals surface area contributed by atoms with Gasteiger partial charge in [-0.2, -0.15) is 0 Å². The summed E-state index contributed by atoms with van der Waals surface area (Å²) in [4.78, 5) is 40.8. The monoisotopic (exact) mass is 516 g/mol. The minimum atomic E-state index is -0.678. The Balaban J connectivity index is 1.51. The van der Waals surface area contributed by atoms with Crippen LogP contribution in [0.25, 0.3) is 0 Å². The normalized spacial score (nSPS) is 23.2. The number of nitrogens with zero attached hydrogens (tertiary/aromatic N) is 1. The lowest BCUT2D eigenvalue weighted by Crippen LogP contribution is -2.37. The summed E-state index contributed by atoms with van der Waals surface area (Å²) < 4.78 is 11.4. The standard InChI is InChI=1S/C30H32N2O6/c1-17-27(30(36)38-22-11-12-32(16-22)18(2)33)28(19-7-6-8-21(34)13-19)29-24(31-17)14-20(15-25(29)35)23-9-4-5-10-26(23)37-3/h4-10,13,20,22,28,31,34H,11-12,14-16H2,1-3H3/t20-,22+,28-/m1/s1. The Hall–Kier alpha value is -4.07. The number of nitrogens with one attached hydrogen (secondary N) is 1. The number of carbonyl (C=O) groups is 3. The molecule has 8 heteroatoms. The molecule has 2 aromatic carbocycles. The molecule has 2 aliphatic heterocycles. The lowest BCUT2D eigenvalue weighted by atomic mass is 9.71. The quantitative estimate of drug-likeness (QED) is 0.580. The number of carbonyl (C=O) groups excluding carboxylic acids is 3. The number of hydrogen-bond donors (Lipinski definition) is 2. The minimum absolute atomic E-state index is 0.0524. The van der Waals surface area contributed by atoms with E-state index in [-0.39, 0.29) is 29.8 Å². The Morgan fingerprint density at radius 3 is 2.61 bits per heavy atom. The van der Waals surface area contributed by atoms with Crippen molar-refractivity contribution in [2.75, 3.05) is 20.2 Å². The number of ether oxygens (including phenoxy) is 2. The molecular weight excluding hydrogens is 484 g/mol. The highest BCUT2D eigenvalue weighted by atomic mass is 16.5. The fourth-order valence-corrected chi connectivity index (χ4v) is 5.90. The Kier molecular flexibility index (Phi) is 6.97. The molecule has 1 amide bonds. The van der Waals surface area contributed by atoms with Gasteiger partial charge >= 0.3 is 5.97 Å². The summed E-state index contributed by atoms with van der Waals surface area (Å²) >= 11 is 0. The van der Waals surface area contributed by atoms with E-state index in [1.807, 2.05) is 37.3 Å². The number of esters is 1. The molecule has 1 aliphatic carbocycles. The number of para-hydroxylation sites is 1. The van der Waals surface area contributed by atoms with Gasteiger partial charge in [0.25, 0.3) is 0 Å². The Bertz CT molecular complexity index is 1360. The van der Waals surface area contributed by atoms with Crippen LogP contribution < -0.4 is 10.1 Å². The number of allylic oxidation sites excluding steroid dienone is 3. The lowest BCUT2D eigenvalue weighted by molar-refractivity contribution is -0.145. The van der Waals surface area contributed by atoms with Crippen LogP contribution in [0, 0.1) is 0 Å². The van der Waals surface area contributed by atoms with E-state index in [1.165, 1.54) is 6.92 Å². The summed E-state index contributed by atoms with van der Waals surface area (Å²) in [6, 6.07) is 14.4. The van der Waals surface area contributed by atoms with Gasteiger partial charge in [-0.3, -0.25) is 9.59 Å². The van der Waals surface area contributed by atoms with Crippen LogP contribution in [0.4, 0.5) is 0 Å². The number of rotatable bonds is 5. The molecule has 0 aromatic heterocycles. The number of Topliss-reactive ketones (excluding diaryl/α,β-unsaturated/α-hetero) is 1. The van der Waals surface area contributed by atoms with Gasteiger partial charge in [-0.05, 0) is 42.7 Å². The molecule has 2 aromatic rings. The molecular formula is C30H32N2O6. The highest BCUT2D eigenvalue weighted by Gasteiger charge is 2.42. The van der Waals surface area contributed by atoms with Gasteiger partial charge in [-0.25, -0.2) is 4.79 Å². The number of dihydropyridines is 1. The first-order chi connectivity index (χ1) is 18.3. The van der Waals surface area contributed by atoms with Crippen molar-refractivity contribution in [3.8, 4) is 11.5 Å². The van der Waals surface area contributed by atoms with Crippen LogP contribution in [0.3, 0.4) is 0 Å². The van der Waals surface area contributed by atoms with Crippen LogP contribution in [0.15, 0.2) is 71.1 Å². The Morgan fingerprint density at radius 1 is 1.11 bits per heavy atom. The van der Waals surface area contributed by atoms with Gasteiger partial charge in [0.05, 0.1) is 19.2 Å². The van der Waals surface area contributed by atoms with Gasteiger partial charge in [0.15, 0.2) is 5.78 Å². The number of amides is 1. The van der Waals surface area contributed by atoms with Crippen LogP contribution >= 0.6 is 0 Å². The molecule has 0 spiro atoms. The number of aromatic hydroxyl groups is 1. The summed E-state index contributed by atoms with van der Waals surface area (Å²) in [5.74, 6) is -0.606. The summed E-state index contributed by atoms with van der Waals surface area (Å²) in [6.07, 6.45) is 0.999. The van der Waals surface area contributed by atoms with E-state index >= 15 is 0 Å². The predicted octanol–water partition coefficient (Wildman–Crippen LogP) is 3.93. The molecule has 0 unspecified atom stereocenters. The highest BCUT2D eigenvalue weighted by molar-refractivity contribution is 6.04. The molecule has 38 heavy (non-hydrogen) atoms. The third-order valence-electron chi connectivity index (χ3n) is 7.69. The van der Waals surface area contributed by atoms with E-state index in [2.05, 4.69) is 5.32 Å². The van der Waals surface area contributed by atoms with Crippen molar-refractivity contribution in [2.45, 2.75) is 51.0 Å². The second-order valence-corrected chi connectivity index (χ2v) is 10.1. The maximum absolute atomic E-state index is 13.8. The first-order valence-corrected chi connectivity index (χ1v) is 12.9. The number of hydrogen-bond acceptors (Lipinski definition) is 7. The van der Waals surface area contributed by atoms with Crippen LogP contribution in [-0.2, 0) is 19.1 Å². The van der Waals surface area contributed by atoms with Gasteiger partial charge in [0.1, 0.15) is 17.6 Å². The molecule has 0 saturated carbocycles. The topological polar surface area (TPSA) is 105 Å². The molecule has 2 N–H and O–H groups in total. The Morgan fingerprint density at radius 2 is 1.89 bits per heavy atom. The smallest absolute Gasteiger partial charge is 0.337 e. The number of ketones is 1. The summed E-state index contributed by atoms with van der Waals surface area (Å²) in [5.41, 5.74) is 3.86. The van der Waals surface area contributed by atoms with Crippen LogP contribution in [0.5, 0.6) is 11.5 Å². The van der Waals surface area contributed by atoms with E-state index in [0.717, 1.165) is 17.0 Å². The third kappa shape index (κ3) is 4.78. The molecule has 0 bridgehead atoms. The van der Waals surface area contributed by atoms with Crippen molar-refractivity contribution in [1.82, 2.24) is 10.2 Å². The van der Waals surface area contributed by atoms with Gasteiger partial charge in [0.2, 0.25) is 5.91 Å². The molecule has 198 valence electrons. The van der Waals surface area contributed by atoms with Crippen LogP contribution in [0.2, 0.25) is 0 Å². The molecule has 3 atom stereocenters. The average Bonchev–Trinajstić information content (AvgIpc) is 3.36. The van der Waals surface area contributed by atoms with Crippen molar-refractivity contribution >= 4 is 17.7 Å².